The summed E-state index contributed by atoms with van der Waals surface area (Å²) in [5.41, 5.74) is 9.90. The molecule has 10 heteroatoms. The first kappa shape index (κ1) is 25.9. The highest BCUT2D eigenvalue weighted by molar-refractivity contribution is 8.04. The van der Waals surface area contributed by atoms with Crippen molar-refractivity contribution < 1.29 is 23.9 Å². The Hall–Kier alpha value is -4.23. The molecule has 2 amide bonds. The highest BCUT2D eigenvalue weighted by Crippen LogP contribution is 2.50. The molecule has 190 valence electrons. The zero-order valence-corrected chi connectivity index (χ0v) is 21.6. The molecule has 0 radical (unpaired) electrons. The number of carbonyl (C=O) groups excluding carboxylic acids is 3. The molecule has 4 rings (SSSR count). The zero-order chi connectivity index (χ0) is 26.9. The van der Waals surface area contributed by atoms with E-state index in [0.717, 1.165) is 22.9 Å². The van der Waals surface area contributed by atoms with Crippen LogP contribution in [-0.4, -0.2) is 42.2 Å². The number of carbonyl (C=O) groups is 3. The summed E-state index contributed by atoms with van der Waals surface area (Å²) in [7, 11) is 2.78. The first-order valence-electron chi connectivity index (χ1n) is 11.4. The molecule has 0 aromatic heterocycles. The fraction of sp³-hybridized carbons (Fsp3) is 0.259. The summed E-state index contributed by atoms with van der Waals surface area (Å²) in [5.74, 6) is -1.84. The van der Waals surface area contributed by atoms with E-state index >= 15 is 0 Å². The molecule has 0 unspecified atom stereocenters. The number of fused-ring (bicyclic) bond motifs is 1. The number of hydrogen-bond donors (Lipinski definition) is 2. The van der Waals surface area contributed by atoms with E-state index < -0.39 is 29.0 Å². The summed E-state index contributed by atoms with van der Waals surface area (Å²) < 4.78 is 10.00. The fourth-order valence-corrected chi connectivity index (χ4v) is 5.62. The number of esters is 1. The fourth-order valence-electron chi connectivity index (χ4n) is 4.29. The standard InChI is InChI=1S/C27H26N4O5S/c1-14-5-8-17(11-15(14)2)30-25(33)23-22(16-6-9-18(35-3)10-7-16)19(13-28)24(29)31-26(34)20(37-27(23)31)12-21(32)36-4/h5-11,20,22H,12,29H2,1-4H3,(H,30,33)/t20-,22+/m0/s1. The average molecular weight is 519 g/mol. The Balaban J connectivity index is 1.87. The lowest BCUT2D eigenvalue weighted by molar-refractivity contribution is -0.142. The van der Waals surface area contributed by atoms with Gasteiger partial charge in [-0.05, 0) is 54.8 Å². The molecule has 0 spiro atoms. The van der Waals surface area contributed by atoms with E-state index in [4.69, 9.17) is 15.2 Å². The predicted octanol–water partition coefficient (Wildman–Crippen LogP) is 3.46. The number of anilines is 1. The lowest BCUT2D eigenvalue weighted by Crippen LogP contribution is -2.39. The van der Waals surface area contributed by atoms with Crippen LogP contribution in [0.15, 0.2) is 64.5 Å². The minimum atomic E-state index is -0.847. The van der Waals surface area contributed by atoms with Gasteiger partial charge >= 0.3 is 5.97 Å². The Morgan fingerprint density at radius 3 is 2.43 bits per heavy atom. The number of thioether (sulfide) groups is 1. The lowest BCUT2D eigenvalue weighted by atomic mass is 9.82. The van der Waals surface area contributed by atoms with E-state index in [2.05, 4.69) is 11.4 Å². The van der Waals surface area contributed by atoms with E-state index in [1.54, 1.807) is 37.4 Å². The number of aryl methyl sites for hydroxylation is 2. The molecule has 1 fully saturated rings. The number of hydrogen-bond acceptors (Lipinski definition) is 8. The molecule has 0 aliphatic carbocycles. The molecular weight excluding hydrogens is 492 g/mol. The molecule has 2 aromatic rings. The van der Waals surface area contributed by atoms with Crippen LogP contribution in [0.2, 0.25) is 0 Å². The second-order valence-corrected chi connectivity index (χ2v) is 9.84. The van der Waals surface area contributed by atoms with Gasteiger partial charge in [-0.2, -0.15) is 5.26 Å². The molecular formula is C27H26N4O5S. The quantitative estimate of drug-likeness (QED) is 0.555. The van der Waals surface area contributed by atoms with Gasteiger partial charge in [-0.3, -0.25) is 19.3 Å². The highest BCUT2D eigenvalue weighted by atomic mass is 32.2. The average Bonchev–Trinajstić information content (AvgIpc) is 3.21. The Labute approximate surface area is 218 Å². The Morgan fingerprint density at radius 1 is 1.14 bits per heavy atom. The second kappa shape index (κ2) is 10.4. The predicted molar refractivity (Wildman–Crippen MR) is 139 cm³/mol. The van der Waals surface area contributed by atoms with E-state index in [9.17, 15) is 19.6 Å². The van der Waals surface area contributed by atoms with Crippen molar-refractivity contribution in [2.24, 2.45) is 5.73 Å². The van der Waals surface area contributed by atoms with E-state index in [1.165, 1.54) is 12.0 Å². The van der Waals surface area contributed by atoms with Crippen LogP contribution in [0.3, 0.4) is 0 Å². The summed E-state index contributed by atoms with van der Waals surface area (Å²) in [6.45, 7) is 3.91. The monoisotopic (exact) mass is 518 g/mol. The summed E-state index contributed by atoms with van der Waals surface area (Å²) in [5, 5.41) is 12.5. The number of nitrogens with zero attached hydrogens (tertiary/aromatic N) is 2. The molecule has 2 aliphatic rings. The molecule has 1 saturated heterocycles. The summed E-state index contributed by atoms with van der Waals surface area (Å²) in [6.07, 6.45) is -0.200. The minimum absolute atomic E-state index is 0.0619. The topological polar surface area (TPSA) is 135 Å². The van der Waals surface area contributed by atoms with Gasteiger partial charge < -0.3 is 20.5 Å². The van der Waals surface area contributed by atoms with Crippen molar-refractivity contribution in [1.82, 2.24) is 4.90 Å². The van der Waals surface area contributed by atoms with Crippen molar-refractivity contribution in [1.29, 1.82) is 5.26 Å². The number of methoxy groups -OCH3 is 2. The van der Waals surface area contributed by atoms with Gasteiger partial charge in [0.05, 0.1) is 48.8 Å². The summed E-state index contributed by atoms with van der Waals surface area (Å²) in [4.78, 5) is 40.3. The number of nitrogens with one attached hydrogen (secondary N) is 1. The number of benzene rings is 2. The molecule has 37 heavy (non-hydrogen) atoms. The lowest BCUT2D eigenvalue weighted by Gasteiger charge is -2.32. The van der Waals surface area contributed by atoms with Crippen molar-refractivity contribution in [3.05, 3.63) is 81.2 Å². The van der Waals surface area contributed by atoms with Crippen molar-refractivity contribution >= 4 is 35.2 Å². The Bertz CT molecular complexity index is 1390. The molecule has 0 saturated carbocycles. The molecule has 2 aromatic carbocycles. The number of ether oxygens (including phenoxy) is 2. The number of allylic oxidation sites excluding steroid dienone is 1. The molecule has 9 nitrogen and oxygen atoms in total. The van der Waals surface area contributed by atoms with Crippen molar-refractivity contribution in [2.45, 2.75) is 31.4 Å². The third kappa shape index (κ3) is 4.78. The zero-order valence-electron chi connectivity index (χ0n) is 20.8. The van der Waals surface area contributed by atoms with E-state index in [1.807, 2.05) is 26.0 Å². The van der Waals surface area contributed by atoms with Gasteiger partial charge in [0.15, 0.2) is 0 Å². The van der Waals surface area contributed by atoms with Gasteiger partial charge in [0.1, 0.15) is 16.8 Å². The van der Waals surface area contributed by atoms with Crippen molar-refractivity contribution in [2.75, 3.05) is 19.5 Å². The van der Waals surface area contributed by atoms with Crippen LogP contribution in [0.5, 0.6) is 5.75 Å². The maximum absolute atomic E-state index is 13.9. The van der Waals surface area contributed by atoms with Crippen LogP contribution in [0.4, 0.5) is 5.69 Å². The summed E-state index contributed by atoms with van der Waals surface area (Å²) in [6, 6.07) is 14.6. The molecule has 2 aliphatic heterocycles. The van der Waals surface area contributed by atoms with Gasteiger partial charge in [0.2, 0.25) is 5.91 Å². The first-order valence-corrected chi connectivity index (χ1v) is 12.3. The third-order valence-electron chi connectivity index (χ3n) is 6.44. The van der Waals surface area contributed by atoms with Gasteiger partial charge in [0.25, 0.3) is 5.91 Å². The maximum Gasteiger partial charge on any atom is 0.307 e. The summed E-state index contributed by atoms with van der Waals surface area (Å²) >= 11 is 1.07. The smallest absolute Gasteiger partial charge is 0.307 e. The molecule has 0 bridgehead atoms. The largest absolute Gasteiger partial charge is 0.497 e. The van der Waals surface area contributed by atoms with Crippen LogP contribution < -0.4 is 15.8 Å². The second-order valence-electron chi connectivity index (χ2n) is 8.65. The van der Waals surface area contributed by atoms with Crippen molar-refractivity contribution in [3.8, 4) is 11.8 Å². The van der Waals surface area contributed by atoms with Crippen LogP contribution in [-0.2, 0) is 19.1 Å². The normalized spacial score (nSPS) is 18.9. The number of rotatable bonds is 6. The van der Waals surface area contributed by atoms with Crippen LogP contribution in [0, 0.1) is 25.2 Å². The Kier molecular flexibility index (Phi) is 7.27. The van der Waals surface area contributed by atoms with E-state index in [-0.39, 0.29) is 28.4 Å². The van der Waals surface area contributed by atoms with Gasteiger partial charge in [-0.1, -0.05) is 30.0 Å². The van der Waals surface area contributed by atoms with Gasteiger partial charge in [-0.25, -0.2) is 0 Å². The number of amides is 2. The number of nitriles is 1. The third-order valence-corrected chi connectivity index (χ3v) is 7.71. The van der Waals surface area contributed by atoms with Crippen LogP contribution >= 0.6 is 11.8 Å². The molecule has 3 N–H and O–H groups in total. The minimum Gasteiger partial charge on any atom is -0.497 e. The molecule has 2 atom stereocenters. The van der Waals surface area contributed by atoms with E-state index in [0.29, 0.717) is 17.0 Å². The first-order chi connectivity index (χ1) is 17.7. The van der Waals surface area contributed by atoms with Crippen LogP contribution in [0.1, 0.15) is 29.0 Å². The Morgan fingerprint density at radius 2 is 1.84 bits per heavy atom. The van der Waals surface area contributed by atoms with Gasteiger partial charge in [0, 0.05) is 5.69 Å². The van der Waals surface area contributed by atoms with Crippen LogP contribution in [0.25, 0.3) is 0 Å². The van der Waals surface area contributed by atoms with Crippen molar-refractivity contribution in [3.63, 3.8) is 0 Å². The highest BCUT2D eigenvalue weighted by Gasteiger charge is 2.48. The van der Waals surface area contributed by atoms with Gasteiger partial charge in [-0.15, -0.1) is 0 Å². The number of nitrogens with two attached hydrogens (primary N) is 1. The molecule has 2 heterocycles. The SMILES string of the molecule is COC(=O)C[C@@H]1SC2=C(C(=O)Nc3ccc(C)c(C)c3)[C@H](c3ccc(OC)cc3)C(C#N)=C(N)N2C1=O. The maximum atomic E-state index is 13.9.